The van der Waals surface area contributed by atoms with Crippen molar-refractivity contribution in [1.82, 2.24) is 10.5 Å². The Hall–Kier alpha value is -2.49. The standard InChI is InChI=1S/C16H15N3O4S2/c1-9-7-14(19-23-9)18-16(22)15(21)17-8-10(20)11-4-5-13(25-11)12-3-2-6-24-12/h2-7,10,20H,8H2,1H3,(H,17,21)(H,18,19,22)/t10-/m0/s1. The van der Waals surface area contributed by atoms with E-state index in [9.17, 15) is 14.7 Å². The van der Waals surface area contributed by atoms with Crippen molar-refractivity contribution >= 4 is 40.3 Å². The molecule has 9 heteroatoms. The molecule has 0 bridgehead atoms. The molecule has 0 saturated carbocycles. The van der Waals surface area contributed by atoms with E-state index in [4.69, 9.17) is 4.52 Å². The SMILES string of the molecule is Cc1cc(NC(=O)C(=O)NC[C@H](O)c2ccc(-c3cccs3)s2)no1. The topological polar surface area (TPSA) is 104 Å². The van der Waals surface area contributed by atoms with Crippen LogP contribution >= 0.6 is 22.7 Å². The summed E-state index contributed by atoms with van der Waals surface area (Å²) in [5, 5.41) is 20.5. The number of aromatic nitrogens is 1. The summed E-state index contributed by atoms with van der Waals surface area (Å²) in [6.45, 7) is 1.61. The Kier molecular flexibility index (Phi) is 5.27. The molecule has 0 unspecified atom stereocenters. The van der Waals surface area contributed by atoms with E-state index in [0.717, 1.165) is 14.6 Å². The second-order valence-corrected chi connectivity index (χ2v) is 7.25. The monoisotopic (exact) mass is 377 g/mol. The van der Waals surface area contributed by atoms with E-state index < -0.39 is 17.9 Å². The molecule has 3 rings (SSSR count). The van der Waals surface area contributed by atoms with Crippen LogP contribution in [0.15, 0.2) is 40.2 Å². The highest BCUT2D eigenvalue weighted by atomic mass is 32.1. The fourth-order valence-corrected chi connectivity index (χ4v) is 3.88. The normalized spacial score (nSPS) is 11.9. The van der Waals surface area contributed by atoms with Crippen molar-refractivity contribution in [3.8, 4) is 9.75 Å². The fraction of sp³-hybridized carbons (Fsp3) is 0.188. The Labute approximate surface area is 151 Å². The maximum absolute atomic E-state index is 11.8. The third-order valence-electron chi connectivity index (χ3n) is 3.25. The van der Waals surface area contributed by atoms with Crippen LogP contribution in [0.1, 0.15) is 16.7 Å². The van der Waals surface area contributed by atoms with Crippen LogP contribution < -0.4 is 10.6 Å². The van der Waals surface area contributed by atoms with Gasteiger partial charge in [-0.15, -0.1) is 22.7 Å². The number of carbonyl (C=O) groups is 2. The van der Waals surface area contributed by atoms with E-state index >= 15 is 0 Å². The summed E-state index contributed by atoms with van der Waals surface area (Å²) in [5.74, 6) is -1.04. The zero-order valence-electron chi connectivity index (χ0n) is 13.2. The highest BCUT2D eigenvalue weighted by Gasteiger charge is 2.18. The number of anilines is 1. The molecule has 0 saturated heterocycles. The molecule has 25 heavy (non-hydrogen) atoms. The molecule has 0 radical (unpaired) electrons. The lowest BCUT2D eigenvalue weighted by Gasteiger charge is -2.09. The third-order valence-corrected chi connectivity index (χ3v) is 5.50. The Balaban J connectivity index is 1.52. The van der Waals surface area contributed by atoms with Crippen molar-refractivity contribution in [2.24, 2.45) is 0 Å². The summed E-state index contributed by atoms with van der Waals surface area (Å²) >= 11 is 3.07. The first kappa shape index (κ1) is 17.3. The lowest BCUT2D eigenvalue weighted by Crippen LogP contribution is -2.37. The molecule has 0 spiro atoms. The second-order valence-electron chi connectivity index (χ2n) is 5.18. The molecular formula is C16H15N3O4S2. The first-order valence-corrected chi connectivity index (χ1v) is 9.06. The van der Waals surface area contributed by atoms with E-state index in [2.05, 4.69) is 15.8 Å². The molecule has 3 heterocycles. The van der Waals surface area contributed by atoms with Crippen molar-refractivity contribution in [2.45, 2.75) is 13.0 Å². The predicted molar refractivity (Wildman–Crippen MR) is 95.5 cm³/mol. The molecule has 1 atom stereocenters. The van der Waals surface area contributed by atoms with Gasteiger partial charge < -0.3 is 14.9 Å². The van der Waals surface area contributed by atoms with E-state index in [-0.39, 0.29) is 12.4 Å². The van der Waals surface area contributed by atoms with E-state index in [1.165, 1.54) is 17.4 Å². The van der Waals surface area contributed by atoms with Gasteiger partial charge in [-0.05, 0) is 30.5 Å². The van der Waals surface area contributed by atoms with E-state index in [1.807, 2.05) is 29.6 Å². The number of rotatable bonds is 5. The molecule has 3 aromatic heterocycles. The Morgan fingerprint density at radius 2 is 2.12 bits per heavy atom. The Morgan fingerprint density at radius 3 is 2.80 bits per heavy atom. The number of aliphatic hydroxyl groups excluding tert-OH is 1. The van der Waals surface area contributed by atoms with Crippen molar-refractivity contribution in [3.63, 3.8) is 0 Å². The van der Waals surface area contributed by atoms with Crippen molar-refractivity contribution in [2.75, 3.05) is 11.9 Å². The summed E-state index contributed by atoms with van der Waals surface area (Å²) in [6.07, 6.45) is -0.884. The van der Waals surface area contributed by atoms with Crippen LogP contribution in [-0.2, 0) is 9.59 Å². The third kappa shape index (κ3) is 4.32. The van der Waals surface area contributed by atoms with Crippen molar-refractivity contribution < 1.29 is 19.2 Å². The molecule has 0 aliphatic heterocycles. The quantitative estimate of drug-likeness (QED) is 0.593. The summed E-state index contributed by atoms with van der Waals surface area (Å²) in [4.78, 5) is 26.4. The van der Waals surface area contributed by atoms with Gasteiger partial charge in [-0.2, -0.15) is 0 Å². The smallest absolute Gasteiger partial charge is 0.314 e. The van der Waals surface area contributed by atoms with Gasteiger partial charge in [0, 0.05) is 27.2 Å². The predicted octanol–water partition coefficient (Wildman–Crippen LogP) is 2.56. The van der Waals surface area contributed by atoms with Crippen molar-refractivity contribution in [3.05, 3.63) is 46.3 Å². The van der Waals surface area contributed by atoms with Crippen molar-refractivity contribution in [1.29, 1.82) is 0 Å². The highest BCUT2D eigenvalue weighted by Crippen LogP contribution is 2.33. The van der Waals surface area contributed by atoms with Gasteiger partial charge in [-0.1, -0.05) is 11.2 Å². The van der Waals surface area contributed by atoms with Gasteiger partial charge in [0.25, 0.3) is 0 Å². The molecule has 3 N–H and O–H groups in total. The van der Waals surface area contributed by atoms with Crippen LogP contribution in [0.5, 0.6) is 0 Å². The first-order valence-electron chi connectivity index (χ1n) is 7.37. The second kappa shape index (κ2) is 7.60. The number of hydrogen-bond acceptors (Lipinski definition) is 7. The van der Waals surface area contributed by atoms with Gasteiger partial charge in [0.2, 0.25) is 0 Å². The maximum atomic E-state index is 11.8. The molecular weight excluding hydrogens is 362 g/mol. The van der Waals surface area contributed by atoms with Crippen LogP contribution in [0.3, 0.4) is 0 Å². The van der Waals surface area contributed by atoms with Gasteiger partial charge in [0.1, 0.15) is 11.9 Å². The van der Waals surface area contributed by atoms with Gasteiger partial charge in [-0.3, -0.25) is 14.9 Å². The minimum absolute atomic E-state index is 0.0610. The number of amides is 2. The fourth-order valence-electron chi connectivity index (χ4n) is 2.05. The number of thiophene rings is 2. The summed E-state index contributed by atoms with van der Waals surface area (Å²) in [6, 6.07) is 9.21. The summed E-state index contributed by atoms with van der Waals surface area (Å²) in [7, 11) is 0. The summed E-state index contributed by atoms with van der Waals surface area (Å²) in [5.41, 5.74) is 0. The first-order chi connectivity index (χ1) is 12.0. The number of nitrogens with one attached hydrogen (secondary N) is 2. The van der Waals surface area contributed by atoms with Gasteiger partial charge in [-0.25, -0.2) is 0 Å². The van der Waals surface area contributed by atoms with Crippen LogP contribution in [0.4, 0.5) is 5.82 Å². The van der Waals surface area contributed by atoms with Gasteiger partial charge >= 0.3 is 11.8 Å². The number of nitrogens with zero attached hydrogens (tertiary/aromatic N) is 1. The lowest BCUT2D eigenvalue weighted by atomic mass is 10.3. The number of carbonyl (C=O) groups excluding carboxylic acids is 2. The minimum Gasteiger partial charge on any atom is -0.386 e. The zero-order chi connectivity index (χ0) is 17.8. The van der Waals surface area contributed by atoms with Crippen LogP contribution in [-0.4, -0.2) is 28.6 Å². The van der Waals surface area contributed by atoms with Crippen LogP contribution in [0.25, 0.3) is 9.75 Å². The van der Waals surface area contributed by atoms with Crippen LogP contribution in [0.2, 0.25) is 0 Å². The van der Waals surface area contributed by atoms with E-state index in [1.54, 1.807) is 18.3 Å². The maximum Gasteiger partial charge on any atom is 0.314 e. The lowest BCUT2D eigenvalue weighted by molar-refractivity contribution is -0.136. The van der Waals surface area contributed by atoms with Gasteiger partial charge in [0.15, 0.2) is 5.82 Å². The number of aliphatic hydroxyl groups is 1. The molecule has 0 aliphatic rings. The van der Waals surface area contributed by atoms with E-state index in [0.29, 0.717) is 5.76 Å². The summed E-state index contributed by atoms with van der Waals surface area (Å²) < 4.78 is 4.80. The highest BCUT2D eigenvalue weighted by molar-refractivity contribution is 7.21. The minimum atomic E-state index is -0.884. The molecule has 2 amide bonds. The number of hydrogen-bond donors (Lipinski definition) is 3. The molecule has 0 aliphatic carbocycles. The molecule has 7 nitrogen and oxygen atoms in total. The van der Waals surface area contributed by atoms with Gasteiger partial charge in [0.05, 0.1) is 0 Å². The largest absolute Gasteiger partial charge is 0.386 e. The average molecular weight is 377 g/mol. The van der Waals surface area contributed by atoms with Crippen LogP contribution in [0, 0.1) is 6.92 Å². The molecule has 3 aromatic rings. The number of aryl methyl sites for hydroxylation is 1. The zero-order valence-corrected chi connectivity index (χ0v) is 14.8. The Bertz CT molecular complexity index is 870. The molecule has 0 aromatic carbocycles. The Morgan fingerprint density at radius 1 is 1.28 bits per heavy atom. The average Bonchev–Trinajstić information content (AvgIpc) is 3.33. The molecule has 0 fully saturated rings. The molecule has 130 valence electrons.